The van der Waals surface area contributed by atoms with Crippen LogP contribution in [-0.2, 0) is 6.42 Å². The fourth-order valence-electron chi connectivity index (χ4n) is 2.14. The summed E-state index contributed by atoms with van der Waals surface area (Å²) in [6, 6.07) is 7.70. The maximum Gasteiger partial charge on any atom is 0.162 e. The fraction of sp³-hybridized carbons (Fsp3) is 0.385. The Bertz CT molecular complexity index is 573. The van der Waals surface area contributed by atoms with Crippen LogP contribution in [0.15, 0.2) is 29.4 Å². The van der Waals surface area contributed by atoms with Crippen LogP contribution in [0.25, 0.3) is 11.0 Å². The second-order valence-electron chi connectivity index (χ2n) is 4.34. The molecule has 1 unspecified atom stereocenters. The number of nitrogens with zero attached hydrogens (tertiary/aromatic N) is 3. The molecule has 0 spiro atoms. The third-order valence-electron chi connectivity index (χ3n) is 3.07. The Balaban J connectivity index is 2.61. The van der Waals surface area contributed by atoms with Gasteiger partial charge < -0.3 is 15.5 Å². The van der Waals surface area contributed by atoms with E-state index in [1.54, 1.807) is 0 Å². The predicted octanol–water partition coefficient (Wildman–Crippen LogP) is 2.30. The molecule has 0 saturated carbocycles. The van der Waals surface area contributed by atoms with Crippen LogP contribution in [0.4, 0.5) is 0 Å². The molecular weight excluding hydrogens is 228 g/mol. The van der Waals surface area contributed by atoms with E-state index in [2.05, 4.69) is 17.1 Å². The van der Waals surface area contributed by atoms with Crippen molar-refractivity contribution in [2.45, 2.75) is 32.7 Å². The van der Waals surface area contributed by atoms with Gasteiger partial charge in [-0.25, -0.2) is 4.98 Å². The van der Waals surface area contributed by atoms with Gasteiger partial charge in [-0.2, -0.15) is 0 Å². The maximum absolute atomic E-state index is 8.83. The Morgan fingerprint density at radius 3 is 2.89 bits per heavy atom. The number of oxime groups is 1. The molecule has 96 valence electrons. The number of hydrogen-bond acceptors (Lipinski definition) is 3. The van der Waals surface area contributed by atoms with Crippen LogP contribution < -0.4 is 5.73 Å². The lowest BCUT2D eigenvalue weighted by Gasteiger charge is -2.16. The quantitative estimate of drug-likeness (QED) is 0.376. The number of rotatable bonds is 4. The molecule has 1 aromatic carbocycles. The standard InChI is InChI=1S/C13H18N4O/c1-3-6-12-15-10-7-4-5-8-11(10)17(12)9(2)13(14)16-18/h4-5,7-9,18H,3,6H2,1-2H3,(H2,14,16). The Morgan fingerprint density at radius 2 is 2.22 bits per heavy atom. The van der Waals surface area contributed by atoms with Crippen LogP contribution in [-0.4, -0.2) is 20.6 Å². The maximum atomic E-state index is 8.83. The largest absolute Gasteiger partial charge is 0.409 e. The van der Waals surface area contributed by atoms with Crippen LogP contribution in [0.2, 0.25) is 0 Å². The SMILES string of the molecule is CCCc1nc2ccccc2n1C(C)/C(N)=N/O. The molecule has 0 bridgehead atoms. The zero-order valence-electron chi connectivity index (χ0n) is 10.7. The van der Waals surface area contributed by atoms with Crippen molar-refractivity contribution in [2.24, 2.45) is 10.9 Å². The second-order valence-corrected chi connectivity index (χ2v) is 4.34. The fourth-order valence-corrected chi connectivity index (χ4v) is 2.14. The number of nitrogens with two attached hydrogens (primary N) is 1. The van der Waals surface area contributed by atoms with E-state index in [0.29, 0.717) is 0 Å². The smallest absolute Gasteiger partial charge is 0.162 e. The lowest BCUT2D eigenvalue weighted by atomic mass is 10.2. The third kappa shape index (κ3) is 2.03. The minimum Gasteiger partial charge on any atom is -0.409 e. The second kappa shape index (κ2) is 5.08. The van der Waals surface area contributed by atoms with E-state index in [1.807, 2.05) is 35.8 Å². The van der Waals surface area contributed by atoms with E-state index < -0.39 is 0 Å². The molecule has 0 aliphatic heterocycles. The number of imidazole rings is 1. The molecule has 0 fully saturated rings. The van der Waals surface area contributed by atoms with Crippen LogP contribution in [0, 0.1) is 0 Å². The lowest BCUT2D eigenvalue weighted by molar-refractivity contribution is 0.314. The van der Waals surface area contributed by atoms with Gasteiger partial charge in [0.15, 0.2) is 5.84 Å². The van der Waals surface area contributed by atoms with Gasteiger partial charge in [-0.1, -0.05) is 24.2 Å². The van der Waals surface area contributed by atoms with Crippen LogP contribution >= 0.6 is 0 Å². The predicted molar refractivity (Wildman–Crippen MR) is 71.8 cm³/mol. The first-order valence-electron chi connectivity index (χ1n) is 6.12. The van der Waals surface area contributed by atoms with Crippen LogP contribution in [0.5, 0.6) is 0 Å². The molecule has 0 aliphatic carbocycles. The van der Waals surface area contributed by atoms with Crippen molar-refractivity contribution >= 4 is 16.9 Å². The van der Waals surface area contributed by atoms with Gasteiger partial charge >= 0.3 is 0 Å². The van der Waals surface area contributed by atoms with Crippen molar-refractivity contribution in [3.63, 3.8) is 0 Å². The molecule has 5 heteroatoms. The van der Waals surface area contributed by atoms with Crippen molar-refractivity contribution in [1.29, 1.82) is 0 Å². The Labute approximate surface area is 106 Å². The zero-order valence-corrected chi connectivity index (χ0v) is 10.7. The zero-order chi connectivity index (χ0) is 13.1. The highest BCUT2D eigenvalue weighted by atomic mass is 16.4. The highest BCUT2D eigenvalue weighted by Gasteiger charge is 2.17. The summed E-state index contributed by atoms with van der Waals surface area (Å²) in [5.41, 5.74) is 7.67. The van der Waals surface area contributed by atoms with E-state index in [0.717, 1.165) is 29.7 Å². The van der Waals surface area contributed by atoms with E-state index >= 15 is 0 Å². The molecular formula is C13H18N4O. The van der Waals surface area contributed by atoms with Gasteiger partial charge in [0.1, 0.15) is 5.82 Å². The van der Waals surface area contributed by atoms with Gasteiger partial charge in [0.05, 0.1) is 17.1 Å². The van der Waals surface area contributed by atoms with Crippen molar-refractivity contribution in [3.05, 3.63) is 30.1 Å². The Hall–Kier alpha value is -2.04. The molecule has 0 saturated heterocycles. The summed E-state index contributed by atoms with van der Waals surface area (Å²) < 4.78 is 2.04. The number of para-hydroxylation sites is 2. The van der Waals surface area contributed by atoms with E-state index in [9.17, 15) is 0 Å². The summed E-state index contributed by atoms with van der Waals surface area (Å²) in [6.45, 7) is 4.01. The molecule has 0 radical (unpaired) electrons. The van der Waals surface area contributed by atoms with Gasteiger partial charge in [0.25, 0.3) is 0 Å². The summed E-state index contributed by atoms with van der Waals surface area (Å²) in [5.74, 6) is 1.16. The van der Waals surface area contributed by atoms with E-state index in [1.165, 1.54) is 0 Å². The van der Waals surface area contributed by atoms with Gasteiger partial charge in [-0.3, -0.25) is 0 Å². The highest BCUT2D eigenvalue weighted by molar-refractivity contribution is 5.86. The number of fused-ring (bicyclic) bond motifs is 1. The normalized spacial score (nSPS) is 14.0. The Morgan fingerprint density at radius 1 is 1.50 bits per heavy atom. The van der Waals surface area contributed by atoms with Crippen LogP contribution in [0.3, 0.4) is 0 Å². The molecule has 2 rings (SSSR count). The summed E-state index contributed by atoms with van der Waals surface area (Å²) >= 11 is 0. The van der Waals surface area contributed by atoms with Gasteiger partial charge in [-0.15, -0.1) is 0 Å². The molecule has 1 heterocycles. The van der Waals surface area contributed by atoms with Crippen LogP contribution in [0.1, 0.15) is 32.1 Å². The van der Waals surface area contributed by atoms with Gasteiger partial charge in [0.2, 0.25) is 0 Å². The number of benzene rings is 1. The number of hydrogen-bond donors (Lipinski definition) is 2. The Kier molecular flexibility index (Phi) is 3.50. The number of aryl methyl sites for hydroxylation is 1. The molecule has 1 aromatic heterocycles. The average Bonchev–Trinajstić information content (AvgIpc) is 2.75. The van der Waals surface area contributed by atoms with E-state index in [4.69, 9.17) is 10.9 Å². The molecule has 2 aromatic rings. The molecule has 18 heavy (non-hydrogen) atoms. The minimum atomic E-state index is -0.205. The van der Waals surface area contributed by atoms with E-state index in [-0.39, 0.29) is 11.9 Å². The molecule has 1 atom stereocenters. The lowest BCUT2D eigenvalue weighted by Crippen LogP contribution is -2.25. The van der Waals surface area contributed by atoms with Gasteiger partial charge in [0, 0.05) is 6.42 Å². The average molecular weight is 246 g/mol. The van der Waals surface area contributed by atoms with Crippen molar-refractivity contribution in [2.75, 3.05) is 0 Å². The number of aromatic nitrogens is 2. The molecule has 0 amide bonds. The first-order valence-corrected chi connectivity index (χ1v) is 6.12. The molecule has 5 nitrogen and oxygen atoms in total. The monoisotopic (exact) mass is 246 g/mol. The number of amidine groups is 1. The van der Waals surface area contributed by atoms with Crippen molar-refractivity contribution in [3.8, 4) is 0 Å². The van der Waals surface area contributed by atoms with Crippen molar-refractivity contribution in [1.82, 2.24) is 9.55 Å². The van der Waals surface area contributed by atoms with Gasteiger partial charge in [-0.05, 0) is 25.5 Å². The van der Waals surface area contributed by atoms with Crippen molar-refractivity contribution < 1.29 is 5.21 Å². The topological polar surface area (TPSA) is 76.4 Å². The molecule has 0 aliphatic rings. The summed E-state index contributed by atoms with van der Waals surface area (Å²) in [7, 11) is 0. The minimum absolute atomic E-state index is 0.190. The summed E-state index contributed by atoms with van der Waals surface area (Å²) in [4.78, 5) is 4.61. The molecule has 3 N–H and O–H groups in total. The highest BCUT2D eigenvalue weighted by Crippen LogP contribution is 2.22. The summed E-state index contributed by atoms with van der Waals surface area (Å²) in [6.07, 6.45) is 1.88. The third-order valence-corrected chi connectivity index (χ3v) is 3.07. The summed E-state index contributed by atoms with van der Waals surface area (Å²) in [5, 5.41) is 11.9. The first kappa shape index (κ1) is 12.4. The first-order chi connectivity index (χ1) is 8.69.